The standard InChI is InChI=1S/C12H12N6O4/c13-11(21)17-15-5-9(19)7-1-2-8(4-3-7)10(20)6-16-18-12(14)22/h1-6H,(H3,13,17,21)(H3,14,18,22)/b15-5+,16-6+. The third-order valence-corrected chi connectivity index (χ3v) is 2.17. The summed E-state index contributed by atoms with van der Waals surface area (Å²) in [6, 6.07) is 3.77. The number of primary amides is 2. The number of nitrogens with zero attached hydrogens (tertiary/aromatic N) is 2. The van der Waals surface area contributed by atoms with E-state index < -0.39 is 23.6 Å². The topological polar surface area (TPSA) is 169 Å². The normalized spacial score (nSPS) is 10.5. The van der Waals surface area contributed by atoms with E-state index in [2.05, 4.69) is 10.2 Å². The summed E-state index contributed by atoms with van der Waals surface area (Å²) in [5.41, 5.74) is 13.8. The lowest BCUT2D eigenvalue weighted by Crippen LogP contribution is -2.25. The maximum Gasteiger partial charge on any atom is 0.332 e. The van der Waals surface area contributed by atoms with Crippen LogP contribution in [-0.4, -0.2) is 36.1 Å². The fourth-order valence-corrected chi connectivity index (χ4v) is 1.26. The van der Waals surface area contributed by atoms with Gasteiger partial charge in [0.05, 0.1) is 12.4 Å². The molecule has 0 saturated carbocycles. The van der Waals surface area contributed by atoms with E-state index in [1.807, 2.05) is 10.9 Å². The molecule has 0 spiro atoms. The van der Waals surface area contributed by atoms with Crippen molar-refractivity contribution in [2.24, 2.45) is 21.7 Å². The van der Waals surface area contributed by atoms with Crippen LogP contribution >= 0.6 is 0 Å². The van der Waals surface area contributed by atoms with E-state index >= 15 is 0 Å². The van der Waals surface area contributed by atoms with Crippen LogP contribution in [0.3, 0.4) is 0 Å². The Bertz CT molecular complexity index is 593. The Morgan fingerprint density at radius 2 is 1.09 bits per heavy atom. The molecule has 4 amide bonds. The highest BCUT2D eigenvalue weighted by Crippen LogP contribution is 2.05. The molecule has 0 heterocycles. The molecule has 0 unspecified atom stereocenters. The van der Waals surface area contributed by atoms with Gasteiger partial charge in [-0.05, 0) is 0 Å². The molecule has 0 fully saturated rings. The highest BCUT2D eigenvalue weighted by Gasteiger charge is 2.06. The predicted molar refractivity (Wildman–Crippen MR) is 77.5 cm³/mol. The maximum atomic E-state index is 11.6. The zero-order valence-electron chi connectivity index (χ0n) is 11.1. The highest BCUT2D eigenvalue weighted by molar-refractivity contribution is 6.37. The number of nitrogens with two attached hydrogens (primary N) is 2. The smallest absolute Gasteiger partial charge is 0.332 e. The zero-order valence-corrected chi connectivity index (χ0v) is 11.1. The van der Waals surface area contributed by atoms with Crippen molar-refractivity contribution >= 4 is 36.1 Å². The van der Waals surface area contributed by atoms with Crippen molar-refractivity contribution in [2.75, 3.05) is 0 Å². The number of ketones is 2. The number of hydrazone groups is 2. The van der Waals surface area contributed by atoms with E-state index in [0.29, 0.717) is 0 Å². The maximum absolute atomic E-state index is 11.6. The fraction of sp³-hybridized carbons (Fsp3) is 0. The monoisotopic (exact) mass is 304 g/mol. The predicted octanol–water partition coefficient (Wildman–Crippen LogP) is -0.640. The van der Waals surface area contributed by atoms with Crippen molar-refractivity contribution in [1.29, 1.82) is 0 Å². The molecule has 1 aromatic rings. The lowest BCUT2D eigenvalue weighted by Gasteiger charge is -1.98. The Kier molecular flexibility index (Phi) is 5.92. The Balaban J connectivity index is 2.70. The quantitative estimate of drug-likeness (QED) is 0.311. The number of hydrogen-bond acceptors (Lipinski definition) is 6. The van der Waals surface area contributed by atoms with Gasteiger partial charge in [-0.3, -0.25) is 9.59 Å². The summed E-state index contributed by atoms with van der Waals surface area (Å²) in [6.45, 7) is 0. The molecule has 0 aliphatic rings. The SMILES string of the molecule is NC(=O)N/N=C/C(=O)c1ccc(C(=O)/C=N/NC(N)=O)cc1. The van der Waals surface area contributed by atoms with Gasteiger partial charge in [-0.25, -0.2) is 20.4 Å². The van der Waals surface area contributed by atoms with Crippen molar-refractivity contribution < 1.29 is 19.2 Å². The minimum absolute atomic E-state index is 0.249. The van der Waals surface area contributed by atoms with Gasteiger partial charge in [-0.1, -0.05) is 24.3 Å². The summed E-state index contributed by atoms with van der Waals surface area (Å²) in [6.07, 6.45) is 1.75. The second-order valence-corrected chi connectivity index (χ2v) is 3.77. The van der Waals surface area contributed by atoms with Crippen LogP contribution in [0.4, 0.5) is 9.59 Å². The molecule has 0 saturated heterocycles. The Morgan fingerprint density at radius 1 is 0.773 bits per heavy atom. The molecule has 0 aliphatic heterocycles. The molecule has 1 rings (SSSR count). The molecule has 1 aromatic carbocycles. The largest absolute Gasteiger partial charge is 0.350 e. The van der Waals surface area contributed by atoms with Crippen molar-refractivity contribution in [3.05, 3.63) is 35.4 Å². The molecule has 0 aromatic heterocycles. The summed E-state index contributed by atoms with van der Waals surface area (Å²) >= 11 is 0. The van der Waals surface area contributed by atoms with Gasteiger partial charge in [-0.15, -0.1) is 0 Å². The van der Waals surface area contributed by atoms with Gasteiger partial charge in [0, 0.05) is 11.1 Å². The first-order chi connectivity index (χ1) is 10.4. The van der Waals surface area contributed by atoms with E-state index in [1.54, 1.807) is 0 Å². The number of carbonyl (C=O) groups excluding carboxylic acids is 4. The number of benzene rings is 1. The number of Topliss-reactive ketones (excluding diaryl/α,β-unsaturated/α-hetero) is 2. The Labute approximate surface area is 124 Å². The molecule has 0 aliphatic carbocycles. The number of urea groups is 2. The average molecular weight is 304 g/mol. The van der Waals surface area contributed by atoms with Gasteiger partial charge in [0.15, 0.2) is 0 Å². The summed E-state index contributed by atoms with van der Waals surface area (Å²) in [4.78, 5) is 44.0. The number of hydrogen-bond donors (Lipinski definition) is 4. The molecule has 0 bridgehead atoms. The number of nitrogens with one attached hydrogen (secondary N) is 2. The van der Waals surface area contributed by atoms with E-state index in [-0.39, 0.29) is 11.1 Å². The fourth-order valence-electron chi connectivity index (χ4n) is 1.26. The Morgan fingerprint density at radius 3 is 1.36 bits per heavy atom. The van der Waals surface area contributed by atoms with Gasteiger partial charge in [0.25, 0.3) is 0 Å². The van der Waals surface area contributed by atoms with Crippen molar-refractivity contribution in [2.45, 2.75) is 0 Å². The molecule has 0 atom stereocenters. The van der Waals surface area contributed by atoms with Crippen LogP contribution in [0.5, 0.6) is 0 Å². The van der Waals surface area contributed by atoms with Crippen LogP contribution in [0.2, 0.25) is 0 Å². The first-order valence-corrected chi connectivity index (χ1v) is 5.76. The first-order valence-electron chi connectivity index (χ1n) is 5.76. The molecule has 22 heavy (non-hydrogen) atoms. The number of rotatable bonds is 6. The van der Waals surface area contributed by atoms with Crippen molar-refractivity contribution in [3.63, 3.8) is 0 Å². The summed E-state index contributed by atoms with van der Waals surface area (Å²) < 4.78 is 0. The highest BCUT2D eigenvalue weighted by atomic mass is 16.2. The second-order valence-electron chi connectivity index (χ2n) is 3.77. The summed E-state index contributed by atoms with van der Waals surface area (Å²) in [5.74, 6) is -0.978. The second kappa shape index (κ2) is 7.89. The molecular weight excluding hydrogens is 292 g/mol. The van der Waals surface area contributed by atoms with E-state index in [4.69, 9.17) is 11.5 Å². The van der Waals surface area contributed by atoms with Crippen LogP contribution in [0.25, 0.3) is 0 Å². The van der Waals surface area contributed by atoms with Gasteiger partial charge in [-0.2, -0.15) is 10.2 Å². The number of carbonyl (C=O) groups is 4. The third kappa shape index (κ3) is 5.61. The van der Waals surface area contributed by atoms with Crippen LogP contribution < -0.4 is 22.3 Å². The number of amides is 4. The van der Waals surface area contributed by atoms with Crippen molar-refractivity contribution in [1.82, 2.24) is 10.9 Å². The van der Waals surface area contributed by atoms with Gasteiger partial charge in [0.2, 0.25) is 11.6 Å². The lowest BCUT2D eigenvalue weighted by atomic mass is 10.1. The average Bonchev–Trinajstić information content (AvgIpc) is 2.46. The van der Waals surface area contributed by atoms with Crippen LogP contribution in [0, 0.1) is 0 Å². The lowest BCUT2D eigenvalue weighted by molar-refractivity contribution is 0.105. The van der Waals surface area contributed by atoms with E-state index in [9.17, 15) is 19.2 Å². The Hall–Kier alpha value is -3.56. The van der Waals surface area contributed by atoms with Gasteiger partial charge < -0.3 is 11.5 Å². The minimum atomic E-state index is -0.895. The van der Waals surface area contributed by atoms with E-state index in [0.717, 1.165) is 12.4 Å². The van der Waals surface area contributed by atoms with Gasteiger partial charge >= 0.3 is 12.1 Å². The van der Waals surface area contributed by atoms with Crippen molar-refractivity contribution in [3.8, 4) is 0 Å². The van der Waals surface area contributed by atoms with E-state index in [1.165, 1.54) is 24.3 Å². The van der Waals surface area contributed by atoms with Crippen LogP contribution in [0.1, 0.15) is 20.7 Å². The minimum Gasteiger partial charge on any atom is -0.350 e. The molecule has 6 N–H and O–H groups in total. The molecule has 0 radical (unpaired) electrons. The first kappa shape index (κ1) is 16.5. The van der Waals surface area contributed by atoms with Crippen LogP contribution in [0.15, 0.2) is 34.5 Å². The zero-order chi connectivity index (χ0) is 16.5. The third-order valence-electron chi connectivity index (χ3n) is 2.17. The molecular formula is C12H12N6O4. The molecule has 10 heteroatoms. The van der Waals surface area contributed by atoms with Gasteiger partial charge in [0.1, 0.15) is 0 Å². The molecule has 114 valence electrons. The van der Waals surface area contributed by atoms with Crippen LogP contribution in [-0.2, 0) is 0 Å². The molecule has 10 nitrogen and oxygen atoms in total. The summed E-state index contributed by atoms with van der Waals surface area (Å²) in [5, 5.41) is 6.64. The summed E-state index contributed by atoms with van der Waals surface area (Å²) in [7, 11) is 0.